The highest BCUT2D eigenvalue weighted by Gasteiger charge is 2.15. The molecule has 1 fully saturated rings. The first-order chi connectivity index (χ1) is 8.66. The molecule has 1 atom stereocenters. The van der Waals surface area contributed by atoms with E-state index in [9.17, 15) is 4.79 Å². The van der Waals surface area contributed by atoms with Crippen molar-refractivity contribution < 1.29 is 4.79 Å². The van der Waals surface area contributed by atoms with Crippen molar-refractivity contribution >= 4 is 63.6 Å². The van der Waals surface area contributed by atoms with Crippen molar-refractivity contribution in [2.24, 2.45) is 0 Å². The fraction of sp³-hybridized carbons (Fsp3) is 0.417. The quantitative estimate of drug-likeness (QED) is 0.769. The zero-order valence-corrected chi connectivity index (χ0v) is 14.2. The van der Waals surface area contributed by atoms with Gasteiger partial charge in [0, 0.05) is 38.2 Å². The summed E-state index contributed by atoms with van der Waals surface area (Å²) in [5.41, 5.74) is 0.633. The number of rotatable bonds is 3. The zero-order chi connectivity index (χ0) is 13.0. The van der Waals surface area contributed by atoms with Crippen LogP contribution in [-0.4, -0.2) is 35.0 Å². The van der Waals surface area contributed by atoms with Crippen molar-refractivity contribution in [2.75, 3.05) is 23.8 Å². The highest BCUT2D eigenvalue weighted by atomic mass is 127. The van der Waals surface area contributed by atoms with Gasteiger partial charge in [0.25, 0.3) is 5.91 Å². The number of nitrogens with one attached hydrogen (secondary N) is 1. The molecule has 0 spiro atoms. The van der Waals surface area contributed by atoms with Crippen LogP contribution >= 0.6 is 57.7 Å². The average molecular weight is 414 g/mol. The van der Waals surface area contributed by atoms with Gasteiger partial charge >= 0.3 is 0 Å². The molecule has 18 heavy (non-hydrogen) atoms. The van der Waals surface area contributed by atoms with E-state index in [-0.39, 0.29) is 5.91 Å². The van der Waals surface area contributed by atoms with Crippen LogP contribution in [0.5, 0.6) is 0 Å². The lowest BCUT2D eigenvalue weighted by Gasteiger charge is -2.21. The molecule has 1 amide bonds. The fourth-order valence-corrected chi connectivity index (χ4v) is 4.73. The fourth-order valence-electron chi connectivity index (χ4n) is 1.60. The van der Waals surface area contributed by atoms with Crippen molar-refractivity contribution in [3.63, 3.8) is 0 Å². The molecule has 1 aliphatic heterocycles. The Balaban J connectivity index is 1.88. The van der Waals surface area contributed by atoms with Crippen molar-refractivity contribution in [3.05, 3.63) is 32.4 Å². The Morgan fingerprint density at radius 3 is 3.00 bits per heavy atom. The third-order valence-corrected chi connectivity index (χ3v) is 6.97. The van der Waals surface area contributed by atoms with Crippen molar-refractivity contribution in [1.82, 2.24) is 5.32 Å². The number of hydrogen-bond donors (Lipinski definition) is 1. The van der Waals surface area contributed by atoms with Gasteiger partial charge in [-0.3, -0.25) is 4.79 Å². The average Bonchev–Trinajstić information content (AvgIpc) is 2.40. The van der Waals surface area contributed by atoms with Crippen LogP contribution in [0.15, 0.2) is 18.2 Å². The summed E-state index contributed by atoms with van der Waals surface area (Å²) in [6.45, 7) is 0.736. The molecule has 1 unspecified atom stereocenters. The van der Waals surface area contributed by atoms with Crippen LogP contribution in [0.4, 0.5) is 0 Å². The van der Waals surface area contributed by atoms with Crippen molar-refractivity contribution in [1.29, 1.82) is 0 Å². The van der Waals surface area contributed by atoms with Crippen LogP contribution < -0.4 is 5.32 Å². The number of benzene rings is 1. The van der Waals surface area contributed by atoms with Crippen LogP contribution in [0.25, 0.3) is 0 Å². The molecule has 1 aliphatic rings. The molecule has 1 N–H and O–H groups in total. The normalized spacial score (nSPS) is 19.6. The molecule has 1 aromatic carbocycles. The molecular formula is C12H13ClINOS2. The maximum absolute atomic E-state index is 12.0. The molecule has 0 bridgehead atoms. The third-order valence-electron chi connectivity index (χ3n) is 2.56. The molecular weight excluding hydrogens is 401 g/mol. The van der Waals surface area contributed by atoms with Gasteiger partial charge in [0.1, 0.15) is 0 Å². The van der Waals surface area contributed by atoms with E-state index < -0.39 is 0 Å². The Labute approximate surface area is 134 Å². The maximum Gasteiger partial charge on any atom is 0.251 e. The molecule has 1 heterocycles. The summed E-state index contributed by atoms with van der Waals surface area (Å²) in [6, 6.07) is 5.40. The Morgan fingerprint density at radius 2 is 2.33 bits per heavy atom. The number of halogens is 2. The Kier molecular flexibility index (Phi) is 5.97. The first-order valence-electron chi connectivity index (χ1n) is 5.59. The second-order valence-electron chi connectivity index (χ2n) is 3.91. The minimum Gasteiger partial charge on any atom is -0.351 e. The van der Waals surface area contributed by atoms with E-state index >= 15 is 0 Å². The van der Waals surface area contributed by atoms with Gasteiger partial charge in [0.15, 0.2) is 0 Å². The number of thioether (sulfide) groups is 2. The number of hydrogen-bond acceptors (Lipinski definition) is 3. The van der Waals surface area contributed by atoms with E-state index in [0.717, 1.165) is 15.9 Å². The summed E-state index contributed by atoms with van der Waals surface area (Å²) in [4.78, 5) is 12.0. The monoisotopic (exact) mass is 413 g/mol. The summed E-state index contributed by atoms with van der Waals surface area (Å²) in [5, 5.41) is 4.15. The van der Waals surface area contributed by atoms with Crippen LogP contribution in [0.3, 0.4) is 0 Å². The van der Waals surface area contributed by atoms with E-state index in [1.165, 1.54) is 11.5 Å². The molecule has 0 saturated carbocycles. The molecule has 1 aromatic rings. The summed E-state index contributed by atoms with van der Waals surface area (Å²) in [6.07, 6.45) is 0. The van der Waals surface area contributed by atoms with Gasteiger partial charge in [0.2, 0.25) is 0 Å². The lowest BCUT2D eigenvalue weighted by atomic mass is 10.2. The van der Waals surface area contributed by atoms with Gasteiger partial charge in [-0.15, -0.1) is 0 Å². The van der Waals surface area contributed by atoms with Gasteiger partial charge in [-0.05, 0) is 40.8 Å². The number of carbonyl (C=O) groups is 1. The standard InChI is InChI=1S/C12H13ClINOS2/c13-10-5-8(1-2-11(10)14)12(16)15-6-9-7-17-3-4-18-9/h1-2,5,9H,3-4,6-7H2,(H,15,16). The highest BCUT2D eigenvalue weighted by molar-refractivity contribution is 14.1. The summed E-state index contributed by atoms with van der Waals surface area (Å²) < 4.78 is 0.963. The van der Waals surface area contributed by atoms with Gasteiger partial charge in [-0.1, -0.05) is 11.6 Å². The summed E-state index contributed by atoms with van der Waals surface area (Å²) in [7, 11) is 0. The molecule has 1 saturated heterocycles. The lowest BCUT2D eigenvalue weighted by Crippen LogP contribution is -2.33. The van der Waals surface area contributed by atoms with E-state index in [4.69, 9.17) is 11.6 Å². The summed E-state index contributed by atoms with van der Waals surface area (Å²) >= 11 is 12.1. The van der Waals surface area contributed by atoms with E-state index in [1.54, 1.807) is 6.07 Å². The highest BCUT2D eigenvalue weighted by Crippen LogP contribution is 2.23. The van der Waals surface area contributed by atoms with E-state index in [0.29, 0.717) is 15.8 Å². The van der Waals surface area contributed by atoms with E-state index in [1.807, 2.05) is 35.7 Å². The van der Waals surface area contributed by atoms with Crippen LogP contribution in [-0.2, 0) is 0 Å². The molecule has 2 nitrogen and oxygen atoms in total. The number of amides is 1. The predicted molar refractivity (Wildman–Crippen MR) is 90.1 cm³/mol. The Morgan fingerprint density at radius 1 is 1.50 bits per heavy atom. The Hall–Kier alpha value is 0.410. The molecule has 6 heteroatoms. The van der Waals surface area contributed by atoms with Crippen LogP contribution in [0, 0.1) is 3.57 Å². The third kappa shape index (κ3) is 4.21. The lowest BCUT2D eigenvalue weighted by molar-refractivity contribution is 0.0954. The molecule has 0 radical (unpaired) electrons. The van der Waals surface area contributed by atoms with Gasteiger partial charge in [-0.2, -0.15) is 23.5 Å². The SMILES string of the molecule is O=C(NCC1CSCCS1)c1ccc(I)c(Cl)c1. The smallest absolute Gasteiger partial charge is 0.251 e. The molecule has 2 rings (SSSR count). The summed E-state index contributed by atoms with van der Waals surface area (Å²) in [5.74, 6) is 3.49. The second-order valence-corrected chi connectivity index (χ2v) is 8.03. The van der Waals surface area contributed by atoms with Crippen molar-refractivity contribution in [3.8, 4) is 0 Å². The molecule has 0 aromatic heterocycles. The molecule has 98 valence electrons. The molecule has 0 aliphatic carbocycles. The van der Waals surface area contributed by atoms with Crippen LogP contribution in [0.1, 0.15) is 10.4 Å². The topological polar surface area (TPSA) is 29.1 Å². The second kappa shape index (κ2) is 7.26. The van der Waals surface area contributed by atoms with Gasteiger partial charge in [-0.25, -0.2) is 0 Å². The van der Waals surface area contributed by atoms with Gasteiger partial charge < -0.3 is 5.32 Å². The van der Waals surface area contributed by atoms with E-state index in [2.05, 4.69) is 27.9 Å². The largest absolute Gasteiger partial charge is 0.351 e. The van der Waals surface area contributed by atoms with Gasteiger partial charge in [0.05, 0.1) is 5.02 Å². The van der Waals surface area contributed by atoms with Crippen LogP contribution in [0.2, 0.25) is 5.02 Å². The zero-order valence-electron chi connectivity index (χ0n) is 9.62. The van der Waals surface area contributed by atoms with Crippen molar-refractivity contribution in [2.45, 2.75) is 5.25 Å². The predicted octanol–water partition coefficient (Wildman–Crippen LogP) is 3.52. The minimum absolute atomic E-state index is 0.0375. The first-order valence-corrected chi connectivity index (χ1v) is 9.25. The minimum atomic E-state index is -0.0375. The Bertz CT molecular complexity index is 438. The first kappa shape index (κ1) is 14.8. The maximum atomic E-state index is 12.0. The number of carbonyl (C=O) groups excluding carboxylic acids is 1.